The molecule has 0 radical (unpaired) electrons. The summed E-state index contributed by atoms with van der Waals surface area (Å²) >= 11 is 4.45. The molecule has 1 aliphatic rings. The van der Waals surface area contributed by atoms with E-state index in [-0.39, 0.29) is 0 Å². The Labute approximate surface area is 113 Å². The van der Waals surface area contributed by atoms with Crippen molar-refractivity contribution in [1.82, 2.24) is 0 Å². The molecule has 1 aliphatic carbocycles. The van der Waals surface area contributed by atoms with Crippen LogP contribution in [-0.2, 0) is 4.74 Å². The minimum Gasteiger partial charge on any atom is -0.378 e. The van der Waals surface area contributed by atoms with Crippen molar-refractivity contribution in [3.63, 3.8) is 0 Å². The van der Waals surface area contributed by atoms with Gasteiger partial charge in [-0.1, -0.05) is 34.6 Å². The average Bonchev–Trinajstić information content (AvgIpc) is 2.19. The van der Waals surface area contributed by atoms with E-state index < -0.39 is 0 Å². The molecule has 0 aromatic rings. The molecule has 1 rings (SSSR count). The maximum atomic E-state index is 6.11. The molecule has 0 spiro atoms. The first-order chi connectivity index (χ1) is 7.74. The number of rotatable bonds is 4. The second kappa shape index (κ2) is 5.97. The van der Waals surface area contributed by atoms with Crippen molar-refractivity contribution in [2.75, 3.05) is 12.4 Å². The van der Waals surface area contributed by atoms with Crippen LogP contribution in [0.25, 0.3) is 0 Å². The molecule has 1 atom stereocenters. The first-order valence-electron chi connectivity index (χ1n) is 6.97. The largest absolute Gasteiger partial charge is 0.378 e. The molecule has 0 saturated heterocycles. The molecular formula is C15H30OS. The van der Waals surface area contributed by atoms with Crippen molar-refractivity contribution in [3.05, 3.63) is 0 Å². The Morgan fingerprint density at radius 3 is 2.18 bits per heavy atom. The van der Waals surface area contributed by atoms with E-state index in [4.69, 9.17) is 4.74 Å². The molecule has 0 N–H and O–H groups in total. The molecule has 0 aliphatic heterocycles. The van der Waals surface area contributed by atoms with Crippen molar-refractivity contribution in [2.45, 2.75) is 66.4 Å². The molecule has 0 heterocycles. The lowest BCUT2D eigenvalue weighted by atomic mass is 9.76. The third-order valence-corrected chi connectivity index (χ3v) is 4.71. The topological polar surface area (TPSA) is 9.23 Å². The van der Waals surface area contributed by atoms with E-state index in [1.165, 1.54) is 25.7 Å². The van der Waals surface area contributed by atoms with Crippen molar-refractivity contribution >= 4 is 12.6 Å². The lowest BCUT2D eigenvalue weighted by molar-refractivity contribution is -0.0250. The molecule has 0 amide bonds. The summed E-state index contributed by atoms with van der Waals surface area (Å²) in [6.45, 7) is 12.4. The van der Waals surface area contributed by atoms with Crippen LogP contribution < -0.4 is 0 Å². The second-order valence-corrected chi connectivity index (χ2v) is 7.81. The highest BCUT2D eigenvalue weighted by Gasteiger charge is 2.29. The van der Waals surface area contributed by atoms with Gasteiger partial charge in [-0.05, 0) is 48.2 Å². The maximum absolute atomic E-state index is 6.11. The van der Waals surface area contributed by atoms with Gasteiger partial charge in [-0.25, -0.2) is 0 Å². The Bertz CT molecular complexity index is 220. The number of hydrogen-bond acceptors (Lipinski definition) is 2. The van der Waals surface area contributed by atoms with E-state index in [0.717, 1.165) is 12.4 Å². The average molecular weight is 258 g/mol. The fraction of sp³-hybridized carbons (Fsp3) is 1.00. The molecule has 0 bridgehead atoms. The molecule has 2 heteroatoms. The molecular weight excluding hydrogens is 228 g/mol. The minimum atomic E-state index is 0.301. The van der Waals surface area contributed by atoms with Crippen LogP contribution in [0.15, 0.2) is 0 Å². The van der Waals surface area contributed by atoms with Crippen LogP contribution in [0.3, 0.4) is 0 Å². The van der Waals surface area contributed by atoms with Gasteiger partial charge < -0.3 is 4.74 Å². The van der Waals surface area contributed by atoms with E-state index in [9.17, 15) is 0 Å². The van der Waals surface area contributed by atoms with Crippen molar-refractivity contribution in [2.24, 2.45) is 16.7 Å². The summed E-state index contributed by atoms with van der Waals surface area (Å²) in [5.74, 6) is 1.47. The third-order valence-electron chi connectivity index (χ3n) is 4.26. The standard InChI is InChI=1S/C15H30OS/c1-14(2,3)12(11-17)10-16-13-6-8-15(4,5)9-7-13/h12-13,17H,6-11H2,1-5H3. The maximum Gasteiger partial charge on any atom is 0.0575 e. The van der Waals surface area contributed by atoms with Crippen LogP contribution in [0, 0.1) is 16.7 Å². The summed E-state index contributed by atoms with van der Waals surface area (Å²) in [5.41, 5.74) is 0.836. The van der Waals surface area contributed by atoms with Crippen molar-refractivity contribution in [3.8, 4) is 0 Å². The quantitative estimate of drug-likeness (QED) is 0.727. The van der Waals surface area contributed by atoms with E-state index >= 15 is 0 Å². The van der Waals surface area contributed by atoms with E-state index in [0.29, 0.717) is 22.9 Å². The highest BCUT2D eigenvalue weighted by molar-refractivity contribution is 7.80. The summed E-state index contributed by atoms with van der Waals surface area (Å²) in [4.78, 5) is 0. The van der Waals surface area contributed by atoms with Gasteiger partial charge in [0.15, 0.2) is 0 Å². The Kier molecular flexibility index (Phi) is 5.39. The van der Waals surface area contributed by atoms with E-state index in [2.05, 4.69) is 47.2 Å². The van der Waals surface area contributed by atoms with Gasteiger partial charge in [-0.3, -0.25) is 0 Å². The summed E-state index contributed by atoms with van der Waals surface area (Å²) in [5, 5.41) is 0. The van der Waals surface area contributed by atoms with Crippen LogP contribution in [0.2, 0.25) is 0 Å². The molecule has 0 aromatic heterocycles. The van der Waals surface area contributed by atoms with Crippen LogP contribution >= 0.6 is 12.6 Å². The number of hydrogen-bond donors (Lipinski definition) is 1. The van der Waals surface area contributed by atoms with Crippen LogP contribution in [0.1, 0.15) is 60.3 Å². The summed E-state index contributed by atoms with van der Waals surface area (Å²) in [6.07, 6.45) is 5.57. The number of ether oxygens (including phenoxy) is 1. The second-order valence-electron chi connectivity index (χ2n) is 7.44. The van der Waals surface area contributed by atoms with E-state index in [1.54, 1.807) is 0 Å². The van der Waals surface area contributed by atoms with Gasteiger partial charge in [0.25, 0.3) is 0 Å². The number of thiol groups is 1. The van der Waals surface area contributed by atoms with Gasteiger partial charge in [-0.2, -0.15) is 12.6 Å². The Hall–Kier alpha value is 0.310. The molecule has 1 fully saturated rings. The predicted molar refractivity (Wildman–Crippen MR) is 78.8 cm³/mol. The zero-order valence-corrected chi connectivity index (χ0v) is 13.1. The van der Waals surface area contributed by atoms with Crippen LogP contribution in [-0.4, -0.2) is 18.5 Å². The minimum absolute atomic E-state index is 0.301. The fourth-order valence-electron chi connectivity index (χ4n) is 2.37. The smallest absolute Gasteiger partial charge is 0.0575 e. The molecule has 17 heavy (non-hydrogen) atoms. The molecule has 1 unspecified atom stereocenters. The molecule has 0 aromatic carbocycles. The lowest BCUT2D eigenvalue weighted by Crippen LogP contribution is -2.32. The first kappa shape index (κ1) is 15.4. The van der Waals surface area contributed by atoms with Crippen molar-refractivity contribution < 1.29 is 4.74 Å². The highest BCUT2D eigenvalue weighted by atomic mass is 32.1. The summed E-state index contributed by atoms with van der Waals surface area (Å²) in [6, 6.07) is 0. The van der Waals surface area contributed by atoms with Gasteiger partial charge in [0.1, 0.15) is 0 Å². The fourth-order valence-corrected chi connectivity index (χ4v) is 3.02. The summed E-state index contributed by atoms with van der Waals surface area (Å²) < 4.78 is 6.11. The Balaban J connectivity index is 2.32. The molecule has 1 saturated carbocycles. The van der Waals surface area contributed by atoms with Crippen LogP contribution in [0.4, 0.5) is 0 Å². The third kappa shape index (κ3) is 5.21. The van der Waals surface area contributed by atoms with Gasteiger partial charge in [0.05, 0.1) is 12.7 Å². The molecule has 102 valence electrons. The summed E-state index contributed by atoms with van der Waals surface area (Å²) in [7, 11) is 0. The monoisotopic (exact) mass is 258 g/mol. The van der Waals surface area contributed by atoms with E-state index in [1.807, 2.05) is 0 Å². The van der Waals surface area contributed by atoms with Gasteiger partial charge >= 0.3 is 0 Å². The normalized spacial score (nSPS) is 23.6. The SMILES string of the molecule is CC1(C)CCC(OCC(CS)C(C)(C)C)CC1. The highest BCUT2D eigenvalue weighted by Crippen LogP contribution is 2.37. The van der Waals surface area contributed by atoms with Crippen molar-refractivity contribution in [1.29, 1.82) is 0 Å². The zero-order chi connectivity index (χ0) is 13.1. The first-order valence-corrected chi connectivity index (χ1v) is 7.60. The zero-order valence-electron chi connectivity index (χ0n) is 12.3. The molecule has 1 nitrogen and oxygen atoms in total. The van der Waals surface area contributed by atoms with Crippen LogP contribution in [0.5, 0.6) is 0 Å². The Morgan fingerprint density at radius 1 is 1.24 bits per heavy atom. The van der Waals surface area contributed by atoms with Gasteiger partial charge in [-0.15, -0.1) is 0 Å². The predicted octanol–water partition coefficient (Wildman–Crippen LogP) is 4.56. The Morgan fingerprint density at radius 2 is 1.76 bits per heavy atom. The van der Waals surface area contributed by atoms with Gasteiger partial charge in [0.2, 0.25) is 0 Å². The van der Waals surface area contributed by atoms with Gasteiger partial charge in [0, 0.05) is 0 Å². The lowest BCUT2D eigenvalue weighted by Gasteiger charge is -2.36.